The van der Waals surface area contributed by atoms with Gasteiger partial charge in [-0.3, -0.25) is 4.98 Å². The molecule has 9 heteroatoms. The van der Waals surface area contributed by atoms with E-state index in [1.54, 1.807) is 24.7 Å². The van der Waals surface area contributed by atoms with Gasteiger partial charge in [0.25, 0.3) is 0 Å². The molecule has 2 aliphatic carbocycles. The molecule has 7 nitrogen and oxygen atoms in total. The molecular weight excluding hydrogens is 412 g/mol. The smallest absolute Gasteiger partial charge is 0.135 e. The fourth-order valence-corrected chi connectivity index (χ4v) is 5.78. The molecule has 0 amide bonds. The van der Waals surface area contributed by atoms with E-state index in [0.29, 0.717) is 11.4 Å². The van der Waals surface area contributed by atoms with Gasteiger partial charge in [0, 0.05) is 6.20 Å². The van der Waals surface area contributed by atoms with Gasteiger partial charge in [-0.2, -0.15) is 20.5 Å². The predicted octanol–water partition coefficient (Wildman–Crippen LogP) is 4.20. The van der Waals surface area contributed by atoms with Crippen molar-refractivity contribution >= 4 is 0 Å². The van der Waals surface area contributed by atoms with Crippen LogP contribution in [0.5, 0.6) is 0 Å². The monoisotopic (exact) mass is 431 g/mol. The van der Waals surface area contributed by atoms with Crippen LogP contribution < -0.4 is 0 Å². The van der Waals surface area contributed by atoms with Crippen molar-refractivity contribution in [2.75, 3.05) is 0 Å². The van der Waals surface area contributed by atoms with Crippen LogP contribution in [0.1, 0.15) is 49.6 Å². The van der Waals surface area contributed by atoms with Crippen LogP contribution in [-0.2, 0) is 5.41 Å². The third-order valence-corrected chi connectivity index (χ3v) is 7.35. The summed E-state index contributed by atoms with van der Waals surface area (Å²) in [6, 6.07) is 5.60. The summed E-state index contributed by atoms with van der Waals surface area (Å²) in [5, 5.41) is 19.4. The summed E-state index contributed by atoms with van der Waals surface area (Å²) in [6.45, 7) is 4.39. The molecule has 160 valence electrons. The molecule has 1 fully saturated rings. The van der Waals surface area contributed by atoms with Gasteiger partial charge in [0.05, 0.1) is 40.5 Å². The molecule has 1 aromatic carbocycles. The Hall–Kier alpha value is -3.62. The highest BCUT2D eigenvalue weighted by Crippen LogP contribution is 2.69. The lowest BCUT2D eigenvalue weighted by molar-refractivity contribution is 0.242. The number of benzene rings is 1. The molecule has 1 saturated carbocycles. The maximum absolute atomic E-state index is 14.4. The first-order valence-electron chi connectivity index (χ1n) is 10.4. The van der Waals surface area contributed by atoms with Gasteiger partial charge in [0.1, 0.15) is 23.0 Å². The highest BCUT2D eigenvalue weighted by molar-refractivity contribution is 5.64. The molecule has 2 atom stereocenters. The van der Waals surface area contributed by atoms with Crippen LogP contribution in [0, 0.1) is 17.0 Å². The van der Waals surface area contributed by atoms with Crippen molar-refractivity contribution in [1.29, 1.82) is 0 Å². The first-order chi connectivity index (χ1) is 15.4. The van der Waals surface area contributed by atoms with Crippen molar-refractivity contribution in [2.24, 2.45) is 5.41 Å². The summed E-state index contributed by atoms with van der Waals surface area (Å²) in [5.74, 6) is -1.13. The topological polar surface area (TPSA) is 93.1 Å². The van der Waals surface area contributed by atoms with E-state index in [4.69, 9.17) is 4.98 Å². The number of hydrogen-bond acceptors (Lipinski definition) is 6. The van der Waals surface area contributed by atoms with Crippen LogP contribution in [0.4, 0.5) is 8.78 Å². The van der Waals surface area contributed by atoms with E-state index in [-0.39, 0.29) is 22.6 Å². The molecular formula is C23H19F2N7. The van der Waals surface area contributed by atoms with Gasteiger partial charge in [-0.25, -0.2) is 13.8 Å². The Balaban J connectivity index is 1.54. The van der Waals surface area contributed by atoms with Crippen molar-refractivity contribution in [3.63, 3.8) is 0 Å². The van der Waals surface area contributed by atoms with E-state index in [1.165, 1.54) is 18.2 Å². The van der Waals surface area contributed by atoms with Crippen molar-refractivity contribution in [2.45, 2.75) is 38.0 Å². The zero-order valence-corrected chi connectivity index (χ0v) is 17.5. The summed E-state index contributed by atoms with van der Waals surface area (Å²) < 4.78 is 28.8. The number of nitrogens with zero attached hydrogens (tertiary/aromatic N) is 6. The van der Waals surface area contributed by atoms with Crippen molar-refractivity contribution in [3.8, 4) is 22.6 Å². The minimum Gasteiger partial charge on any atom is -0.260 e. The maximum Gasteiger partial charge on any atom is 0.135 e. The van der Waals surface area contributed by atoms with Crippen LogP contribution in [0.2, 0.25) is 0 Å². The minimum absolute atomic E-state index is 0.148. The van der Waals surface area contributed by atoms with E-state index in [2.05, 4.69) is 44.4 Å². The molecule has 3 aromatic heterocycles. The number of H-pyrrole nitrogens is 1. The first-order valence-corrected chi connectivity index (χ1v) is 10.4. The lowest BCUT2D eigenvalue weighted by atomic mass is 9.66. The van der Waals surface area contributed by atoms with Crippen molar-refractivity contribution in [3.05, 3.63) is 71.4 Å². The molecule has 0 unspecified atom stereocenters. The standard InChI is InChI=1S/C23H19F2N7/c1-22(2)13-6-7-23(22,19-11-26-9-17(28-19)18-10-27-32-30-18)21-12(13)8-16(29-31-21)20-14(24)4-3-5-15(20)25/h3-5,8-11,13H,6-7H2,1-2H3,(H,27,30,32)/t13-,23+/m0/s1. The Labute approximate surface area is 182 Å². The highest BCUT2D eigenvalue weighted by atomic mass is 19.1. The third-order valence-electron chi connectivity index (χ3n) is 7.35. The number of nitrogens with one attached hydrogen (secondary N) is 1. The molecule has 0 radical (unpaired) electrons. The molecule has 0 aliphatic heterocycles. The summed E-state index contributed by atoms with van der Waals surface area (Å²) in [5.41, 5.74) is 3.14. The Morgan fingerprint density at radius 2 is 1.81 bits per heavy atom. The number of hydrogen-bond donors (Lipinski definition) is 1. The molecule has 4 aromatic rings. The van der Waals surface area contributed by atoms with Gasteiger partial charge >= 0.3 is 0 Å². The Morgan fingerprint density at radius 1 is 1.00 bits per heavy atom. The Kier molecular flexibility index (Phi) is 3.84. The molecule has 3 heterocycles. The van der Waals surface area contributed by atoms with Crippen LogP contribution >= 0.6 is 0 Å². The minimum atomic E-state index is -0.650. The van der Waals surface area contributed by atoms with Gasteiger partial charge < -0.3 is 0 Å². The van der Waals surface area contributed by atoms with Gasteiger partial charge in [0.15, 0.2) is 0 Å². The number of aromatic amines is 1. The SMILES string of the molecule is CC1(C)[C@H]2CC[C@@]1(c1cncc(-c3cn[nH]n3)n1)c1nnc(-c3c(F)cccc3F)cc12. The summed E-state index contributed by atoms with van der Waals surface area (Å²) in [7, 11) is 0. The second-order valence-corrected chi connectivity index (χ2v) is 8.99. The van der Waals surface area contributed by atoms with Crippen molar-refractivity contribution < 1.29 is 8.78 Å². The second-order valence-electron chi connectivity index (χ2n) is 8.99. The lowest BCUT2D eigenvalue weighted by Crippen LogP contribution is -2.38. The van der Waals surface area contributed by atoms with Gasteiger partial charge in [-0.15, -0.1) is 5.10 Å². The Morgan fingerprint density at radius 3 is 2.56 bits per heavy atom. The van der Waals surface area contributed by atoms with Crippen LogP contribution in [0.25, 0.3) is 22.6 Å². The van der Waals surface area contributed by atoms with Gasteiger partial charge in [-0.1, -0.05) is 19.9 Å². The number of rotatable bonds is 3. The first kappa shape index (κ1) is 19.1. The third kappa shape index (κ3) is 2.33. The van der Waals surface area contributed by atoms with Gasteiger partial charge in [-0.05, 0) is 47.9 Å². The van der Waals surface area contributed by atoms with Crippen molar-refractivity contribution in [1.82, 2.24) is 35.6 Å². The molecule has 2 bridgehead atoms. The normalized spacial score (nSPS) is 22.8. The molecule has 0 spiro atoms. The fourth-order valence-electron chi connectivity index (χ4n) is 5.78. The quantitative estimate of drug-likeness (QED) is 0.523. The van der Waals surface area contributed by atoms with E-state index in [9.17, 15) is 8.78 Å². The predicted molar refractivity (Wildman–Crippen MR) is 111 cm³/mol. The number of fused-ring (bicyclic) bond motifs is 5. The summed E-state index contributed by atoms with van der Waals surface area (Å²) in [4.78, 5) is 9.33. The molecule has 0 saturated heterocycles. The zero-order valence-electron chi connectivity index (χ0n) is 17.5. The second kappa shape index (κ2) is 6.44. The van der Waals surface area contributed by atoms with E-state index in [0.717, 1.165) is 29.8 Å². The molecule has 2 aliphatic rings. The largest absolute Gasteiger partial charge is 0.260 e. The number of halogens is 2. The van der Waals surface area contributed by atoms with Crippen LogP contribution in [0.15, 0.2) is 42.9 Å². The average molecular weight is 431 g/mol. The van der Waals surface area contributed by atoms with Gasteiger partial charge in [0.2, 0.25) is 0 Å². The summed E-state index contributed by atoms with van der Waals surface area (Å²) in [6.07, 6.45) is 6.79. The molecule has 6 rings (SSSR count). The van der Waals surface area contributed by atoms with E-state index >= 15 is 0 Å². The van der Waals surface area contributed by atoms with Crippen LogP contribution in [-0.4, -0.2) is 35.6 Å². The molecule has 32 heavy (non-hydrogen) atoms. The van der Waals surface area contributed by atoms with E-state index in [1.807, 2.05) is 0 Å². The summed E-state index contributed by atoms with van der Waals surface area (Å²) >= 11 is 0. The van der Waals surface area contributed by atoms with E-state index < -0.39 is 17.0 Å². The Bertz CT molecular complexity index is 1330. The maximum atomic E-state index is 14.4. The highest BCUT2D eigenvalue weighted by Gasteiger charge is 2.65. The average Bonchev–Trinajstić information content (AvgIpc) is 3.45. The molecule has 1 N–H and O–H groups in total. The van der Waals surface area contributed by atoms with Crippen LogP contribution in [0.3, 0.4) is 0 Å². The zero-order chi connectivity index (χ0) is 22.1. The number of aromatic nitrogens is 7. The fraction of sp³-hybridized carbons (Fsp3) is 0.304. The lowest BCUT2D eigenvalue weighted by Gasteiger charge is -2.37.